The van der Waals surface area contributed by atoms with E-state index in [0.29, 0.717) is 12.8 Å². The molecule has 0 aliphatic rings. The van der Waals surface area contributed by atoms with Crippen LogP contribution >= 0.6 is 0 Å². The van der Waals surface area contributed by atoms with Gasteiger partial charge in [0.05, 0.1) is 6.42 Å². The minimum absolute atomic E-state index is 0.117. The summed E-state index contributed by atoms with van der Waals surface area (Å²) in [7, 11) is 0. The molecule has 0 heterocycles. The molecule has 0 radical (unpaired) electrons. The van der Waals surface area contributed by atoms with Gasteiger partial charge in [-0.1, -0.05) is 281 Å². The molecule has 454 valence electrons. The van der Waals surface area contributed by atoms with E-state index >= 15 is 0 Å². The smallest absolute Gasteiger partial charge is 0.309 e. The Kier molecular flexibility index (Phi) is 62.9. The summed E-state index contributed by atoms with van der Waals surface area (Å²) >= 11 is 0. The first-order valence-electron chi connectivity index (χ1n) is 32.6. The van der Waals surface area contributed by atoms with Crippen molar-refractivity contribution in [1.29, 1.82) is 0 Å². The van der Waals surface area contributed by atoms with Crippen LogP contribution in [0.25, 0.3) is 0 Å². The minimum atomic E-state index is -0.835. The van der Waals surface area contributed by atoms with Crippen molar-refractivity contribution in [3.8, 4) is 0 Å². The topological polar surface area (TPSA) is 78.9 Å². The van der Waals surface area contributed by atoms with Gasteiger partial charge in [0.1, 0.15) is 13.2 Å². The zero-order valence-corrected chi connectivity index (χ0v) is 52.0. The van der Waals surface area contributed by atoms with Crippen LogP contribution in [0.2, 0.25) is 0 Å². The van der Waals surface area contributed by atoms with Gasteiger partial charge in [0.15, 0.2) is 6.10 Å². The lowest BCUT2D eigenvalue weighted by atomic mass is 10.1. The fourth-order valence-corrected chi connectivity index (χ4v) is 8.41. The summed E-state index contributed by atoms with van der Waals surface area (Å²) < 4.78 is 16.8. The summed E-state index contributed by atoms with van der Waals surface area (Å²) in [6.45, 7) is 6.28. The van der Waals surface area contributed by atoms with Crippen molar-refractivity contribution in [2.24, 2.45) is 0 Å². The Morgan fingerprint density at radius 2 is 0.531 bits per heavy atom. The zero-order chi connectivity index (χ0) is 58.5. The van der Waals surface area contributed by atoms with E-state index in [-0.39, 0.29) is 31.6 Å². The van der Waals surface area contributed by atoms with Crippen molar-refractivity contribution in [2.45, 2.75) is 271 Å². The normalized spacial score (nSPS) is 13.3. The molecule has 0 spiro atoms. The molecule has 0 aromatic heterocycles. The van der Waals surface area contributed by atoms with Crippen molar-refractivity contribution in [3.05, 3.63) is 170 Å². The van der Waals surface area contributed by atoms with Crippen LogP contribution in [-0.4, -0.2) is 37.2 Å². The molecule has 1 atom stereocenters. The van der Waals surface area contributed by atoms with Crippen LogP contribution in [0, 0.1) is 0 Å². The Morgan fingerprint density at radius 1 is 0.272 bits per heavy atom. The van der Waals surface area contributed by atoms with Gasteiger partial charge in [0.2, 0.25) is 0 Å². The molecule has 0 saturated carbocycles. The number of esters is 3. The predicted molar refractivity (Wildman–Crippen MR) is 352 cm³/mol. The van der Waals surface area contributed by atoms with Gasteiger partial charge in [-0.05, 0) is 135 Å². The Hall–Kier alpha value is -5.23. The van der Waals surface area contributed by atoms with Gasteiger partial charge in [0.25, 0.3) is 0 Å². The third kappa shape index (κ3) is 65.5. The van der Waals surface area contributed by atoms with Gasteiger partial charge in [0, 0.05) is 12.8 Å². The van der Waals surface area contributed by atoms with Crippen molar-refractivity contribution in [2.75, 3.05) is 13.2 Å². The summed E-state index contributed by atoms with van der Waals surface area (Å²) in [6, 6.07) is 0. The van der Waals surface area contributed by atoms with Gasteiger partial charge in [-0.25, -0.2) is 0 Å². The van der Waals surface area contributed by atoms with E-state index in [9.17, 15) is 14.4 Å². The third-order valence-corrected chi connectivity index (χ3v) is 13.2. The fourth-order valence-electron chi connectivity index (χ4n) is 8.41. The first-order valence-corrected chi connectivity index (χ1v) is 32.6. The summed E-state index contributed by atoms with van der Waals surface area (Å²) in [6.07, 6.45) is 99.5. The molecule has 0 N–H and O–H groups in total. The minimum Gasteiger partial charge on any atom is -0.462 e. The fraction of sp³-hybridized carbons (Fsp3) is 0.587. The highest BCUT2D eigenvalue weighted by atomic mass is 16.6. The highest BCUT2D eigenvalue weighted by Gasteiger charge is 2.19. The van der Waals surface area contributed by atoms with Crippen LogP contribution in [0.4, 0.5) is 0 Å². The molecule has 0 bridgehead atoms. The molecule has 0 amide bonds. The van der Waals surface area contributed by atoms with E-state index in [0.717, 1.165) is 135 Å². The third-order valence-electron chi connectivity index (χ3n) is 13.2. The van der Waals surface area contributed by atoms with Crippen LogP contribution in [-0.2, 0) is 28.6 Å². The largest absolute Gasteiger partial charge is 0.462 e. The summed E-state index contributed by atoms with van der Waals surface area (Å²) in [5.74, 6) is -1.07. The number of carbonyl (C=O) groups excluding carboxylic acids is 3. The summed E-state index contributed by atoms with van der Waals surface area (Å²) in [4.78, 5) is 38.3. The average molecular weight is 1120 g/mol. The molecule has 6 nitrogen and oxygen atoms in total. The van der Waals surface area contributed by atoms with Gasteiger partial charge in [-0.3, -0.25) is 14.4 Å². The quantitative estimate of drug-likeness (QED) is 0.0261. The second-order valence-corrected chi connectivity index (χ2v) is 20.9. The van der Waals surface area contributed by atoms with Crippen LogP contribution in [0.15, 0.2) is 170 Å². The summed E-state index contributed by atoms with van der Waals surface area (Å²) in [5.41, 5.74) is 0. The molecule has 0 aliphatic heterocycles. The second-order valence-electron chi connectivity index (χ2n) is 20.9. The second kappa shape index (κ2) is 67.3. The van der Waals surface area contributed by atoms with E-state index in [1.54, 1.807) is 6.08 Å². The van der Waals surface area contributed by atoms with Crippen LogP contribution in [0.3, 0.4) is 0 Å². The highest BCUT2D eigenvalue weighted by Crippen LogP contribution is 2.14. The lowest BCUT2D eigenvalue weighted by molar-refractivity contribution is -0.166. The van der Waals surface area contributed by atoms with Crippen molar-refractivity contribution < 1.29 is 28.6 Å². The molecule has 81 heavy (non-hydrogen) atoms. The number of hydrogen-bond donors (Lipinski definition) is 0. The van der Waals surface area contributed by atoms with Gasteiger partial charge in [-0.2, -0.15) is 0 Å². The van der Waals surface area contributed by atoms with E-state index in [2.05, 4.69) is 179 Å². The van der Waals surface area contributed by atoms with E-state index < -0.39 is 12.1 Å². The molecular formula is C75H118O6. The van der Waals surface area contributed by atoms with Crippen molar-refractivity contribution in [1.82, 2.24) is 0 Å². The average Bonchev–Trinajstić information content (AvgIpc) is 3.47. The predicted octanol–water partition coefficient (Wildman–Crippen LogP) is 22.7. The van der Waals surface area contributed by atoms with Crippen molar-refractivity contribution in [3.63, 3.8) is 0 Å². The molecule has 1 unspecified atom stereocenters. The molecule has 0 aromatic rings. The zero-order valence-electron chi connectivity index (χ0n) is 52.0. The van der Waals surface area contributed by atoms with Crippen LogP contribution in [0.5, 0.6) is 0 Å². The molecule has 0 aliphatic carbocycles. The molecule has 0 rings (SSSR count). The van der Waals surface area contributed by atoms with Crippen LogP contribution < -0.4 is 0 Å². The first kappa shape index (κ1) is 75.8. The standard InChI is InChI=1S/C75H118O6/c1-4-7-10-13-16-19-22-25-28-30-32-33-34-35-36-37-38-39-40-41-43-44-47-50-53-56-59-62-65-68-74(77)80-71-72(70-79-73(76)67-64-61-58-55-52-49-46-27-24-21-18-15-12-9-6-3)81-75(78)69-66-63-60-57-54-51-48-45-42-31-29-26-23-20-17-14-11-8-5-2/h7,9-10,12,16-21,25-29,32-33,35-36,38-39,41,43,46,52,55,61,64,72H,4-6,8,11,13-15,22-24,30-31,34,37,40,42,44-45,47-51,53-54,56-60,62-63,65-71H2,1-3H3/b10-7-,12-9-,19-16-,20-17-,21-18-,28-25-,29-26-,33-32-,36-35-,39-38-,43-41-,46-27-,55-52-,64-61-. The lowest BCUT2D eigenvalue weighted by Crippen LogP contribution is -2.30. The number of carbonyl (C=O) groups is 3. The van der Waals surface area contributed by atoms with Crippen LogP contribution in [0.1, 0.15) is 265 Å². The molecule has 0 fully saturated rings. The Bertz CT molecular complexity index is 1860. The molecule has 0 aromatic carbocycles. The molecular weight excluding hydrogens is 997 g/mol. The monoisotopic (exact) mass is 1110 g/mol. The lowest BCUT2D eigenvalue weighted by Gasteiger charge is -2.18. The number of rotatable bonds is 57. The van der Waals surface area contributed by atoms with Gasteiger partial charge < -0.3 is 14.2 Å². The summed E-state index contributed by atoms with van der Waals surface area (Å²) in [5, 5.41) is 0. The Balaban J connectivity index is 4.46. The molecule has 0 saturated heterocycles. The number of allylic oxidation sites excluding steroid dienone is 27. The number of hydrogen-bond acceptors (Lipinski definition) is 6. The number of ether oxygens (including phenoxy) is 3. The highest BCUT2D eigenvalue weighted by molar-refractivity contribution is 5.72. The maximum Gasteiger partial charge on any atom is 0.309 e. The van der Waals surface area contributed by atoms with Gasteiger partial charge >= 0.3 is 17.9 Å². The van der Waals surface area contributed by atoms with Crippen molar-refractivity contribution >= 4 is 17.9 Å². The molecule has 6 heteroatoms. The number of unbranched alkanes of at least 4 members (excludes halogenated alkanes) is 19. The van der Waals surface area contributed by atoms with E-state index in [1.165, 1.54) is 89.9 Å². The maximum absolute atomic E-state index is 12.9. The SMILES string of the molecule is CC/C=C\C/C=C\C/C=C\C/C=C\C/C=C\C/C=C\C/C=C\CCCCCCCCCC(=O)OCC(COC(=O)C/C=C\C/C=C\C/C=C\C/C=C\C/C=C\CC)OC(=O)CCCCCCCCCCC/C=C\C/C=C\CCCCC. The van der Waals surface area contributed by atoms with E-state index in [4.69, 9.17) is 14.2 Å². The Morgan fingerprint density at radius 3 is 0.864 bits per heavy atom. The van der Waals surface area contributed by atoms with E-state index in [1.807, 2.05) is 6.08 Å². The maximum atomic E-state index is 12.9. The van der Waals surface area contributed by atoms with Gasteiger partial charge in [-0.15, -0.1) is 0 Å². The Labute approximate surface area is 498 Å². The first-order chi connectivity index (χ1) is 40.0.